The number of rotatable bonds is 2. The van der Waals surface area contributed by atoms with Gasteiger partial charge in [0.05, 0.1) is 0 Å². The van der Waals surface area contributed by atoms with Crippen LogP contribution in [0.3, 0.4) is 0 Å². The molecule has 1 aromatic carbocycles. The van der Waals surface area contributed by atoms with Crippen LogP contribution >= 0.6 is 33.9 Å². The van der Waals surface area contributed by atoms with Crippen molar-refractivity contribution < 1.29 is 4.79 Å². The molecule has 0 radical (unpaired) electrons. The Morgan fingerprint density at radius 1 is 1.35 bits per heavy atom. The summed E-state index contributed by atoms with van der Waals surface area (Å²) in [4.78, 5) is 17.6. The summed E-state index contributed by atoms with van der Waals surface area (Å²) in [6, 6.07) is 5.69. The fourth-order valence-corrected chi connectivity index (χ4v) is 2.97. The maximum atomic E-state index is 12.2. The fourth-order valence-electron chi connectivity index (χ4n) is 1.58. The Kier molecular flexibility index (Phi) is 4.49. The van der Waals surface area contributed by atoms with E-state index in [0.29, 0.717) is 10.7 Å². The van der Waals surface area contributed by atoms with Crippen molar-refractivity contribution >= 4 is 45.0 Å². The third-order valence-electron chi connectivity index (χ3n) is 2.90. The number of carbonyl (C=O) groups excluding carboxylic acids is 1. The zero-order chi connectivity index (χ0) is 14.9. The Bertz CT molecular complexity index is 644. The number of carbonyl (C=O) groups is 1. The van der Waals surface area contributed by atoms with Crippen molar-refractivity contribution in [1.82, 2.24) is 4.98 Å². The van der Waals surface area contributed by atoms with Gasteiger partial charge in [-0.1, -0.05) is 26.8 Å². The van der Waals surface area contributed by atoms with E-state index in [0.717, 1.165) is 8.45 Å². The molecule has 0 atom stereocenters. The standard InChI is InChI=1S/C15H17IN2OS/c1-9-5-6-10(7-11(9)16)13(19)18-14-17-8-12(20-14)15(2,3)4/h5-8H,1-4H3,(H,17,18,19). The molecule has 0 bridgehead atoms. The number of nitrogens with one attached hydrogen (secondary N) is 1. The number of nitrogens with zero attached hydrogens (tertiary/aromatic N) is 1. The molecular formula is C15H17IN2OS. The summed E-state index contributed by atoms with van der Waals surface area (Å²) in [7, 11) is 0. The molecule has 2 aromatic rings. The number of hydrogen-bond acceptors (Lipinski definition) is 3. The van der Waals surface area contributed by atoms with E-state index >= 15 is 0 Å². The molecule has 0 aliphatic heterocycles. The highest BCUT2D eigenvalue weighted by Crippen LogP contribution is 2.30. The molecule has 0 unspecified atom stereocenters. The molecule has 0 fully saturated rings. The van der Waals surface area contributed by atoms with Gasteiger partial charge in [-0.05, 0) is 52.6 Å². The average Bonchev–Trinajstić information content (AvgIpc) is 2.81. The molecular weight excluding hydrogens is 383 g/mol. The molecule has 0 aliphatic rings. The Balaban J connectivity index is 2.15. The third-order valence-corrected chi connectivity index (χ3v) is 5.40. The number of aromatic nitrogens is 1. The molecule has 20 heavy (non-hydrogen) atoms. The van der Waals surface area contributed by atoms with Crippen LogP contribution in [-0.2, 0) is 5.41 Å². The van der Waals surface area contributed by atoms with Crippen LogP contribution in [0.4, 0.5) is 5.13 Å². The molecule has 1 N–H and O–H groups in total. The Labute approximate surface area is 137 Å². The monoisotopic (exact) mass is 400 g/mol. The van der Waals surface area contributed by atoms with Crippen molar-refractivity contribution in [2.75, 3.05) is 5.32 Å². The molecule has 0 spiro atoms. The van der Waals surface area contributed by atoms with Gasteiger partial charge >= 0.3 is 0 Å². The second-order valence-electron chi connectivity index (χ2n) is 5.70. The van der Waals surface area contributed by atoms with Crippen molar-refractivity contribution in [2.24, 2.45) is 0 Å². The van der Waals surface area contributed by atoms with Gasteiger partial charge in [-0.3, -0.25) is 10.1 Å². The second-order valence-corrected chi connectivity index (χ2v) is 7.89. The number of thiazole rings is 1. The lowest BCUT2D eigenvalue weighted by molar-refractivity contribution is 0.102. The van der Waals surface area contributed by atoms with Crippen LogP contribution in [0.1, 0.15) is 41.6 Å². The van der Waals surface area contributed by atoms with Gasteiger partial charge in [-0.2, -0.15) is 0 Å². The van der Waals surface area contributed by atoms with Gasteiger partial charge in [0.15, 0.2) is 5.13 Å². The number of halogens is 1. The van der Waals surface area contributed by atoms with Gasteiger partial charge < -0.3 is 0 Å². The van der Waals surface area contributed by atoms with Gasteiger partial charge in [0, 0.05) is 20.2 Å². The zero-order valence-corrected chi connectivity index (χ0v) is 14.9. The zero-order valence-electron chi connectivity index (χ0n) is 12.0. The van der Waals surface area contributed by atoms with Crippen molar-refractivity contribution in [1.29, 1.82) is 0 Å². The van der Waals surface area contributed by atoms with E-state index in [-0.39, 0.29) is 11.3 Å². The lowest BCUT2D eigenvalue weighted by Gasteiger charge is -2.14. The molecule has 1 aromatic heterocycles. The van der Waals surface area contributed by atoms with Crippen LogP contribution in [0.2, 0.25) is 0 Å². The van der Waals surface area contributed by atoms with Crippen molar-refractivity contribution in [2.45, 2.75) is 33.1 Å². The van der Waals surface area contributed by atoms with Gasteiger partial charge in [0.1, 0.15) is 0 Å². The lowest BCUT2D eigenvalue weighted by atomic mass is 9.96. The Morgan fingerprint density at radius 2 is 2.05 bits per heavy atom. The summed E-state index contributed by atoms with van der Waals surface area (Å²) in [5, 5.41) is 3.51. The van der Waals surface area contributed by atoms with Gasteiger partial charge in [0.25, 0.3) is 5.91 Å². The van der Waals surface area contributed by atoms with E-state index in [1.165, 1.54) is 16.9 Å². The highest BCUT2D eigenvalue weighted by molar-refractivity contribution is 14.1. The van der Waals surface area contributed by atoms with Gasteiger partial charge in [0.2, 0.25) is 0 Å². The quantitative estimate of drug-likeness (QED) is 0.749. The molecule has 106 valence electrons. The Morgan fingerprint density at radius 3 is 2.60 bits per heavy atom. The molecule has 0 saturated heterocycles. The molecule has 1 amide bonds. The second kappa shape index (κ2) is 5.81. The van der Waals surface area contributed by atoms with E-state index in [1.807, 2.05) is 31.3 Å². The largest absolute Gasteiger partial charge is 0.298 e. The van der Waals surface area contributed by atoms with E-state index in [9.17, 15) is 4.79 Å². The fraction of sp³-hybridized carbons (Fsp3) is 0.333. The topological polar surface area (TPSA) is 42.0 Å². The van der Waals surface area contributed by atoms with Crippen LogP contribution in [0.25, 0.3) is 0 Å². The first-order valence-corrected chi connectivity index (χ1v) is 8.21. The lowest BCUT2D eigenvalue weighted by Crippen LogP contribution is -2.12. The van der Waals surface area contributed by atoms with Gasteiger partial charge in [-0.15, -0.1) is 11.3 Å². The van der Waals surface area contributed by atoms with E-state index in [4.69, 9.17) is 0 Å². The minimum atomic E-state index is -0.113. The molecule has 3 nitrogen and oxygen atoms in total. The molecule has 2 rings (SSSR count). The normalized spacial score (nSPS) is 11.4. The van der Waals surface area contributed by atoms with Crippen molar-refractivity contribution in [3.05, 3.63) is 44.0 Å². The predicted octanol–water partition coefficient (Wildman–Crippen LogP) is 4.61. The van der Waals surface area contributed by atoms with E-state index in [2.05, 4.69) is 53.7 Å². The summed E-state index contributed by atoms with van der Waals surface area (Å²) < 4.78 is 1.09. The predicted molar refractivity (Wildman–Crippen MR) is 92.7 cm³/mol. The molecule has 0 aliphatic carbocycles. The van der Waals surface area contributed by atoms with Crippen molar-refractivity contribution in [3.8, 4) is 0 Å². The Hall–Kier alpha value is -0.950. The van der Waals surface area contributed by atoms with Crippen molar-refractivity contribution in [3.63, 3.8) is 0 Å². The first-order valence-electron chi connectivity index (χ1n) is 6.31. The van der Waals surface area contributed by atoms with E-state index in [1.54, 1.807) is 0 Å². The van der Waals surface area contributed by atoms with E-state index < -0.39 is 0 Å². The minimum absolute atomic E-state index is 0.0554. The molecule has 1 heterocycles. The first-order chi connectivity index (χ1) is 9.27. The van der Waals surface area contributed by atoms with Crippen LogP contribution < -0.4 is 5.32 Å². The number of amides is 1. The maximum Gasteiger partial charge on any atom is 0.257 e. The first kappa shape index (κ1) is 15.4. The van der Waals surface area contributed by atoms with Gasteiger partial charge in [-0.25, -0.2) is 4.98 Å². The number of benzene rings is 1. The van der Waals surface area contributed by atoms with Crippen LogP contribution in [-0.4, -0.2) is 10.9 Å². The smallest absolute Gasteiger partial charge is 0.257 e. The summed E-state index contributed by atoms with van der Waals surface area (Å²) in [6.45, 7) is 8.43. The highest BCUT2D eigenvalue weighted by atomic mass is 127. The minimum Gasteiger partial charge on any atom is -0.298 e. The summed E-state index contributed by atoms with van der Waals surface area (Å²) in [5.74, 6) is -0.113. The third kappa shape index (κ3) is 3.58. The van der Waals surface area contributed by atoms with Crippen LogP contribution in [0.15, 0.2) is 24.4 Å². The SMILES string of the molecule is Cc1ccc(C(=O)Nc2ncc(C(C)(C)C)s2)cc1I. The summed E-state index contributed by atoms with van der Waals surface area (Å²) in [5.41, 5.74) is 1.89. The van der Waals surface area contributed by atoms with Crippen LogP contribution in [0.5, 0.6) is 0 Å². The molecule has 5 heteroatoms. The summed E-state index contributed by atoms with van der Waals surface area (Å²) >= 11 is 3.76. The number of hydrogen-bond donors (Lipinski definition) is 1. The highest BCUT2D eigenvalue weighted by Gasteiger charge is 2.18. The molecule has 0 saturated carbocycles. The summed E-state index contributed by atoms with van der Waals surface area (Å²) in [6.07, 6.45) is 1.83. The maximum absolute atomic E-state index is 12.2. The van der Waals surface area contributed by atoms with Crippen LogP contribution in [0, 0.1) is 10.5 Å². The number of aryl methyl sites for hydroxylation is 1. The average molecular weight is 400 g/mol. The number of anilines is 1.